The van der Waals surface area contributed by atoms with Crippen molar-refractivity contribution in [1.82, 2.24) is 14.7 Å². The topological polar surface area (TPSA) is 47.4 Å². The van der Waals surface area contributed by atoms with Crippen LogP contribution in [-0.4, -0.2) is 34.9 Å². The van der Waals surface area contributed by atoms with E-state index in [0.29, 0.717) is 5.88 Å². The van der Waals surface area contributed by atoms with Crippen molar-refractivity contribution in [2.24, 2.45) is 7.05 Å². The van der Waals surface area contributed by atoms with Crippen LogP contribution in [-0.2, 0) is 7.05 Å². The summed E-state index contributed by atoms with van der Waals surface area (Å²) in [5, 5.41) is 4.08. The van der Waals surface area contributed by atoms with E-state index in [-0.39, 0.29) is 0 Å². The Hall–Kier alpha value is -1.52. The number of hydrogen-bond acceptors (Lipinski definition) is 3. The maximum Gasteiger partial charge on any atom is 0.416 e. The highest BCUT2D eigenvalue weighted by molar-refractivity contribution is 5.69. The number of ether oxygens (including phenoxy) is 1. The Morgan fingerprint density at radius 1 is 1.43 bits per heavy atom. The summed E-state index contributed by atoms with van der Waals surface area (Å²) in [7, 11) is 5.08. The number of aryl methyl sites for hydroxylation is 1. The van der Waals surface area contributed by atoms with Gasteiger partial charge in [0.05, 0.1) is 0 Å². The SMILES string of the molecule is Cc1c(OC(=O)N(C)C)nn(C)c1C. The fraction of sp³-hybridized carbons (Fsp3) is 0.556. The Morgan fingerprint density at radius 3 is 2.36 bits per heavy atom. The number of aromatic nitrogens is 2. The van der Waals surface area contributed by atoms with Crippen molar-refractivity contribution in [3.8, 4) is 5.88 Å². The van der Waals surface area contributed by atoms with Gasteiger partial charge in [0, 0.05) is 32.4 Å². The molecule has 0 bridgehead atoms. The van der Waals surface area contributed by atoms with Crippen LogP contribution in [0.1, 0.15) is 11.3 Å². The molecule has 1 amide bonds. The molecule has 0 N–H and O–H groups in total. The molecule has 5 heteroatoms. The average Bonchev–Trinajstić information content (AvgIpc) is 2.33. The number of carbonyl (C=O) groups is 1. The largest absolute Gasteiger partial charge is 0.416 e. The predicted molar refractivity (Wildman–Crippen MR) is 52.4 cm³/mol. The Labute approximate surface area is 83.3 Å². The molecule has 0 atom stereocenters. The minimum atomic E-state index is -0.411. The molecule has 1 aromatic rings. The van der Waals surface area contributed by atoms with Crippen LogP contribution in [0.3, 0.4) is 0 Å². The zero-order valence-corrected chi connectivity index (χ0v) is 9.16. The second-order valence-electron chi connectivity index (χ2n) is 3.40. The van der Waals surface area contributed by atoms with Gasteiger partial charge in [0.25, 0.3) is 0 Å². The molecule has 0 saturated heterocycles. The molecule has 0 aliphatic heterocycles. The average molecular weight is 197 g/mol. The number of nitrogens with zero attached hydrogens (tertiary/aromatic N) is 3. The van der Waals surface area contributed by atoms with Gasteiger partial charge >= 0.3 is 6.09 Å². The standard InChI is InChI=1S/C9H15N3O2/c1-6-7(2)12(5)10-8(6)14-9(13)11(3)4/h1-5H3. The summed E-state index contributed by atoms with van der Waals surface area (Å²) in [4.78, 5) is 12.6. The number of carbonyl (C=O) groups excluding carboxylic acids is 1. The van der Waals surface area contributed by atoms with Crippen molar-refractivity contribution in [2.45, 2.75) is 13.8 Å². The molecule has 0 saturated carbocycles. The molecule has 0 aromatic carbocycles. The molecule has 0 aliphatic carbocycles. The summed E-state index contributed by atoms with van der Waals surface area (Å²) < 4.78 is 6.75. The Morgan fingerprint density at radius 2 is 2.00 bits per heavy atom. The molecule has 1 rings (SSSR count). The first-order valence-electron chi connectivity index (χ1n) is 4.32. The summed E-state index contributed by atoms with van der Waals surface area (Å²) in [6.07, 6.45) is -0.411. The van der Waals surface area contributed by atoms with Gasteiger partial charge in [-0.25, -0.2) is 4.79 Å². The summed E-state index contributed by atoms with van der Waals surface area (Å²) >= 11 is 0. The number of hydrogen-bond donors (Lipinski definition) is 0. The van der Waals surface area contributed by atoms with Gasteiger partial charge in [-0.05, 0) is 13.8 Å². The molecule has 0 spiro atoms. The smallest absolute Gasteiger partial charge is 0.389 e. The first-order valence-corrected chi connectivity index (χ1v) is 4.32. The second-order valence-corrected chi connectivity index (χ2v) is 3.40. The zero-order chi connectivity index (χ0) is 10.9. The van der Waals surface area contributed by atoms with E-state index in [9.17, 15) is 4.79 Å². The lowest BCUT2D eigenvalue weighted by atomic mass is 10.3. The van der Waals surface area contributed by atoms with Crippen molar-refractivity contribution < 1.29 is 9.53 Å². The minimum absolute atomic E-state index is 0.378. The van der Waals surface area contributed by atoms with E-state index >= 15 is 0 Å². The Bertz CT molecular complexity index is 355. The van der Waals surface area contributed by atoms with E-state index in [0.717, 1.165) is 11.3 Å². The number of amides is 1. The first kappa shape index (κ1) is 10.6. The molecule has 14 heavy (non-hydrogen) atoms. The van der Waals surface area contributed by atoms with Crippen LogP contribution in [0.5, 0.6) is 5.88 Å². The lowest BCUT2D eigenvalue weighted by Crippen LogP contribution is -2.25. The van der Waals surface area contributed by atoms with E-state index in [1.165, 1.54) is 4.90 Å². The highest BCUT2D eigenvalue weighted by Crippen LogP contribution is 2.18. The van der Waals surface area contributed by atoms with Crippen molar-refractivity contribution >= 4 is 6.09 Å². The summed E-state index contributed by atoms with van der Waals surface area (Å²) in [6, 6.07) is 0. The van der Waals surface area contributed by atoms with E-state index in [1.807, 2.05) is 20.9 Å². The normalized spacial score (nSPS) is 10.1. The maximum absolute atomic E-state index is 11.2. The lowest BCUT2D eigenvalue weighted by Gasteiger charge is -2.08. The van der Waals surface area contributed by atoms with E-state index in [2.05, 4.69) is 5.10 Å². The molecule has 1 aromatic heterocycles. The molecule has 5 nitrogen and oxygen atoms in total. The van der Waals surface area contributed by atoms with Crippen molar-refractivity contribution in [3.63, 3.8) is 0 Å². The molecular formula is C9H15N3O2. The molecule has 0 aliphatic rings. The zero-order valence-electron chi connectivity index (χ0n) is 9.16. The Balaban J connectivity index is 2.88. The maximum atomic E-state index is 11.2. The van der Waals surface area contributed by atoms with Gasteiger partial charge in [-0.2, -0.15) is 0 Å². The van der Waals surface area contributed by atoms with Gasteiger partial charge in [0.1, 0.15) is 0 Å². The van der Waals surface area contributed by atoms with Gasteiger partial charge in [-0.15, -0.1) is 5.10 Å². The first-order chi connectivity index (χ1) is 6.43. The third kappa shape index (κ3) is 1.86. The Kier molecular flexibility index (Phi) is 2.78. The monoisotopic (exact) mass is 197 g/mol. The van der Waals surface area contributed by atoms with Crippen LogP contribution in [0.2, 0.25) is 0 Å². The van der Waals surface area contributed by atoms with Gasteiger partial charge in [0.2, 0.25) is 5.88 Å². The molecule has 0 unspecified atom stereocenters. The van der Waals surface area contributed by atoms with Gasteiger partial charge < -0.3 is 9.64 Å². The molecular weight excluding hydrogens is 182 g/mol. The lowest BCUT2D eigenvalue weighted by molar-refractivity contribution is 0.169. The van der Waals surface area contributed by atoms with E-state index in [4.69, 9.17) is 4.74 Å². The third-order valence-electron chi connectivity index (χ3n) is 2.14. The molecule has 0 radical (unpaired) electrons. The minimum Gasteiger partial charge on any atom is -0.389 e. The van der Waals surface area contributed by atoms with E-state index in [1.54, 1.807) is 18.8 Å². The van der Waals surface area contributed by atoms with Gasteiger partial charge in [-0.3, -0.25) is 4.68 Å². The van der Waals surface area contributed by atoms with Crippen LogP contribution in [0.25, 0.3) is 0 Å². The fourth-order valence-electron chi connectivity index (χ4n) is 0.955. The second kappa shape index (κ2) is 3.69. The molecule has 0 fully saturated rings. The quantitative estimate of drug-likeness (QED) is 0.677. The highest BCUT2D eigenvalue weighted by Gasteiger charge is 2.14. The predicted octanol–water partition coefficient (Wildman–Crippen LogP) is 1.10. The fourth-order valence-corrected chi connectivity index (χ4v) is 0.955. The number of rotatable bonds is 1. The highest BCUT2D eigenvalue weighted by atomic mass is 16.6. The van der Waals surface area contributed by atoms with Crippen LogP contribution in [0, 0.1) is 13.8 Å². The summed E-state index contributed by atoms with van der Waals surface area (Å²) in [5.41, 5.74) is 1.88. The van der Waals surface area contributed by atoms with Gasteiger partial charge in [-0.1, -0.05) is 0 Å². The summed E-state index contributed by atoms with van der Waals surface area (Å²) in [6.45, 7) is 3.80. The van der Waals surface area contributed by atoms with Crippen LogP contribution in [0.15, 0.2) is 0 Å². The third-order valence-corrected chi connectivity index (χ3v) is 2.14. The van der Waals surface area contributed by atoms with Crippen LogP contribution >= 0.6 is 0 Å². The molecule has 78 valence electrons. The van der Waals surface area contributed by atoms with Crippen molar-refractivity contribution in [3.05, 3.63) is 11.3 Å². The van der Waals surface area contributed by atoms with Crippen LogP contribution < -0.4 is 4.74 Å². The van der Waals surface area contributed by atoms with E-state index < -0.39 is 6.09 Å². The van der Waals surface area contributed by atoms with Crippen molar-refractivity contribution in [1.29, 1.82) is 0 Å². The molecule has 1 heterocycles. The van der Waals surface area contributed by atoms with Crippen LogP contribution in [0.4, 0.5) is 4.79 Å². The van der Waals surface area contributed by atoms with Gasteiger partial charge in [0.15, 0.2) is 0 Å². The van der Waals surface area contributed by atoms with Crippen molar-refractivity contribution in [2.75, 3.05) is 14.1 Å². The summed E-state index contributed by atoms with van der Waals surface area (Å²) in [5.74, 6) is 0.378.